The monoisotopic (exact) mass is 465 g/mol. The number of ether oxygens (including phenoxy) is 1. The van der Waals surface area contributed by atoms with Gasteiger partial charge in [-0.15, -0.1) is 0 Å². The van der Waals surface area contributed by atoms with Crippen LogP contribution in [0.25, 0.3) is 0 Å². The maximum Gasteiger partial charge on any atom is 0.338 e. The number of likely N-dealkylation sites (tertiary alicyclic amines) is 1. The summed E-state index contributed by atoms with van der Waals surface area (Å²) in [7, 11) is 0. The summed E-state index contributed by atoms with van der Waals surface area (Å²) in [6, 6.07) is 7.66. The van der Waals surface area contributed by atoms with Crippen molar-refractivity contribution in [1.82, 2.24) is 9.88 Å². The SMILES string of the molecule is Cc1c([C@@H](O)CN2CCC3(CC2)CCN(c2ccc(C(C)(C)O)nc2)C3)ccc2c1COC2=O. The van der Waals surface area contributed by atoms with Crippen LogP contribution in [0.3, 0.4) is 0 Å². The van der Waals surface area contributed by atoms with Crippen molar-refractivity contribution >= 4 is 11.7 Å². The standard InChI is InChI=1S/C27H35N3O4/c1-18-20(5-6-21-22(18)16-34-25(21)32)23(31)15-29-11-8-27(9-12-29)10-13-30(17-27)19-4-7-24(28-14-19)26(2,3)33/h4-7,14,23,31,33H,8-13,15-17H2,1-3H3/t23-/m0/s1. The fourth-order valence-corrected chi connectivity index (χ4v) is 5.78. The third kappa shape index (κ3) is 4.32. The molecule has 1 aromatic carbocycles. The second kappa shape index (κ2) is 8.63. The summed E-state index contributed by atoms with van der Waals surface area (Å²) in [4.78, 5) is 21.1. The van der Waals surface area contributed by atoms with Gasteiger partial charge in [0.2, 0.25) is 0 Å². The minimum Gasteiger partial charge on any atom is -0.457 e. The second-order valence-electron chi connectivity index (χ2n) is 10.8. The first kappa shape index (κ1) is 23.3. The van der Waals surface area contributed by atoms with E-state index in [4.69, 9.17) is 4.74 Å². The number of β-amino-alcohol motifs (C(OH)–C–C–N with tert-alkyl or cyclic N) is 1. The molecule has 7 heteroatoms. The van der Waals surface area contributed by atoms with E-state index in [1.165, 1.54) is 6.42 Å². The molecule has 2 saturated heterocycles. The van der Waals surface area contributed by atoms with Crippen LogP contribution in [0.15, 0.2) is 30.5 Å². The molecule has 1 atom stereocenters. The number of aliphatic hydroxyl groups excluding tert-OH is 1. The number of piperidine rings is 1. The molecule has 0 bridgehead atoms. The lowest BCUT2D eigenvalue weighted by Gasteiger charge is -2.40. The number of pyridine rings is 1. The Hall–Kier alpha value is -2.48. The Morgan fingerprint density at radius 3 is 2.56 bits per heavy atom. The highest BCUT2D eigenvalue weighted by molar-refractivity contribution is 5.93. The Morgan fingerprint density at radius 2 is 1.88 bits per heavy atom. The topological polar surface area (TPSA) is 86.1 Å². The number of aromatic nitrogens is 1. The van der Waals surface area contributed by atoms with Crippen molar-refractivity contribution in [3.8, 4) is 0 Å². The predicted molar refractivity (Wildman–Crippen MR) is 130 cm³/mol. The van der Waals surface area contributed by atoms with Crippen molar-refractivity contribution in [2.24, 2.45) is 5.41 Å². The number of benzene rings is 1. The van der Waals surface area contributed by atoms with Gasteiger partial charge in [0.15, 0.2) is 0 Å². The van der Waals surface area contributed by atoms with Crippen molar-refractivity contribution < 1.29 is 19.7 Å². The minimum atomic E-state index is -0.925. The number of nitrogens with zero attached hydrogens (tertiary/aromatic N) is 3. The van der Waals surface area contributed by atoms with Crippen LogP contribution in [0.4, 0.5) is 5.69 Å². The van der Waals surface area contributed by atoms with Crippen molar-refractivity contribution in [2.75, 3.05) is 37.6 Å². The minimum absolute atomic E-state index is 0.268. The summed E-state index contributed by atoms with van der Waals surface area (Å²) >= 11 is 0. The molecular formula is C27H35N3O4. The van der Waals surface area contributed by atoms with Gasteiger partial charge in [-0.05, 0) is 87.9 Å². The molecule has 182 valence electrons. The number of rotatable bonds is 5. The largest absolute Gasteiger partial charge is 0.457 e. The lowest BCUT2D eigenvalue weighted by molar-refractivity contribution is 0.0534. The molecule has 7 nitrogen and oxygen atoms in total. The zero-order chi connectivity index (χ0) is 24.1. The number of anilines is 1. The Balaban J connectivity index is 1.17. The fraction of sp³-hybridized carbons (Fsp3) is 0.556. The summed E-state index contributed by atoms with van der Waals surface area (Å²) in [6.45, 7) is 10.4. The highest BCUT2D eigenvalue weighted by Crippen LogP contribution is 2.42. The smallest absolute Gasteiger partial charge is 0.338 e. The Labute approximate surface area is 201 Å². The van der Waals surface area contributed by atoms with Gasteiger partial charge in [0.1, 0.15) is 12.2 Å². The maximum atomic E-state index is 11.8. The van der Waals surface area contributed by atoms with Crippen LogP contribution in [0.1, 0.15) is 72.0 Å². The molecule has 3 aliphatic rings. The molecule has 2 N–H and O–H groups in total. The zero-order valence-corrected chi connectivity index (χ0v) is 20.4. The van der Waals surface area contributed by atoms with E-state index in [-0.39, 0.29) is 5.97 Å². The number of hydrogen-bond acceptors (Lipinski definition) is 7. The summed E-state index contributed by atoms with van der Waals surface area (Å²) in [5.74, 6) is -0.268. The van der Waals surface area contributed by atoms with Crippen molar-refractivity contribution in [3.05, 3.63) is 58.4 Å². The molecule has 0 amide bonds. The quantitative estimate of drug-likeness (QED) is 0.655. The first-order valence-electron chi connectivity index (χ1n) is 12.3. The molecule has 0 radical (unpaired) electrons. The van der Waals surface area contributed by atoms with E-state index in [0.29, 0.717) is 29.8 Å². The highest BCUT2D eigenvalue weighted by Gasteiger charge is 2.41. The van der Waals surface area contributed by atoms with E-state index in [1.807, 2.05) is 25.3 Å². The van der Waals surface area contributed by atoms with Gasteiger partial charge in [-0.2, -0.15) is 0 Å². The lowest BCUT2D eigenvalue weighted by Crippen LogP contribution is -2.43. The molecule has 0 aliphatic carbocycles. The van der Waals surface area contributed by atoms with Gasteiger partial charge in [0.25, 0.3) is 0 Å². The van der Waals surface area contributed by atoms with E-state index >= 15 is 0 Å². The number of carbonyl (C=O) groups excluding carboxylic acids is 1. The highest BCUT2D eigenvalue weighted by atomic mass is 16.5. The number of fused-ring (bicyclic) bond motifs is 1. The molecular weight excluding hydrogens is 430 g/mol. The molecule has 1 spiro atoms. The number of esters is 1. The van der Waals surface area contributed by atoms with Crippen LogP contribution < -0.4 is 4.90 Å². The molecule has 4 heterocycles. The van der Waals surface area contributed by atoms with Gasteiger partial charge >= 0.3 is 5.97 Å². The number of hydrogen-bond donors (Lipinski definition) is 2. The summed E-state index contributed by atoms with van der Waals surface area (Å²) in [5, 5.41) is 21.1. The van der Waals surface area contributed by atoms with Gasteiger partial charge in [-0.3, -0.25) is 4.98 Å². The number of carbonyl (C=O) groups is 1. The molecule has 2 fully saturated rings. The molecule has 5 rings (SSSR count). The van der Waals surface area contributed by atoms with Gasteiger partial charge < -0.3 is 24.7 Å². The summed E-state index contributed by atoms with van der Waals surface area (Å²) in [6.07, 6.45) is 4.73. The Bertz CT molecular complexity index is 1070. The first-order chi connectivity index (χ1) is 16.2. The predicted octanol–water partition coefficient (Wildman–Crippen LogP) is 3.31. The van der Waals surface area contributed by atoms with Gasteiger partial charge in [-0.1, -0.05) is 6.07 Å². The van der Waals surface area contributed by atoms with Gasteiger partial charge in [-0.25, -0.2) is 4.79 Å². The van der Waals surface area contributed by atoms with E-state index in [1.54, 1.807) is 19.9 Å². The average Bonchev–Trinajstić information content (AvgIpc) is 3.40. The van der Waals surface area contributed by atoms with Crippen LogP contribution in [-0.4, -0.2) is 58.8 Å². The van der Waals surface area contributed by atoms with Crippen molar-refractivity contribution in [3.63, 3.8) is 0 Å². The van der Waals surface area contributed by atoms with Crippen LogP contribution >= 0.6 is 0 Å². The fourth-order valence-electron chi connectivity index (χ4n) is 5.78. The molecule has 0 saturated carbocycles. The van der Waals surface area contributed by atoms with E-state index in [9.17, 15) is 15.0 Å². The normalized spacial score (nSPS) is 21.1. The van der Waals surface area contributed by atoms with E-state index < -0.39 is 11.7 Å². The van der Waals surface area contributed by atoms with E-state index in [0.717, 1.165) is 61.4 Å². The molecule has 2 aromatic rings. The van der Waals surface area contributed by atoms with Crippen molar-refractivity contribution in [1.29, 1.82) is 0 Å². The third-order valence-corrected chi connectivity index (χ3v) is 8.09. The second-order valence-corrected chi connectivity index (χ2v) is 10.8. The molecule has 3 aliphatic heterocycles. The molecule has 0 unspecified atom stereocenters. The number of cyclic esters (lactones) is 1. The Morgan fingerprint density at radius 1 is 1.15 bits per heavy atom. The van der Waals surface area contributed by atoms with Crippen molar-refractivity contribution in [2.45, 2.75) is 58.3 Å². The summed E-state index contributed by atoms with van der Waals surface area (Å²) < 4.78 is 5.15. The average molecular weight is 466 g/mol. The Kier molecular flexibility index (Phi) is 5.91. The van der Waals surface area contributed by atoms with Gasteiger partial charge in [0, 0.05) is 25.2 Å². The van der Waals surface area contributed by atoms with Crippen LogP contribution in [0.5, 0.6) is 0 Å². The number of aliphatic hydroxyl groups is 2. The van der Waals surface area contributed by atoms with Crippen LogP contribution in [0, 0.1) is 12.3 Å². The van der Waals surface area contributed by atoms with Gasteiger partial charge in [0.05, 0.1) is 29.2 Å². The third-order valence-electron chi connectivity index (χ3n) is 8.09. The summed E-state index contributed by atoms with van der Waals surface area (Å²) in [5.41, 5.74) is 4.61. The van der Waals surface area contributed by atoms with Crippen LogP contribution in [0.2, 0.25) is 0 Å². The zero-order valence-electron chi connectivity index (χ0n) is 20.4. The lowest BCUT2D eigenvalue weighted by atomic mass is 9.77. The molecule has 1 aromatic heterocycles. The van der Waals surface area contributed by atoms with Crippen LogP contribution in [-0.2, 0) is 16.9 Å². The van der Waals surface area contributed by atoms with E-state index in [2.05, 4.69) is 20.9 Å². The molecule has 34 heavy (non-hydrogen) atoms. The maximum absolute atomic E-state index is 11.8. The first-order valence-corrected chi connectivity index (χ1v) is 12.3.